The first-order chi connectivity index (χ1) is 11.7. The Morgan fingerprint density at radius 1 is 1.25 bits per heavy atom. The van der Waals surface area contributed by atoms with Gasteiger partial charge in [-0.25, -0.2) is 9.97 Å². The van der Waals surface area contributed by atoms with Gasteiger partial charge in [-0.1, -0.05) is 19.8 Å². The van der Waals surface area contributed by atoms with Gasteiger partial charge in [-0.15, -0.1) is 0 Å². The molecule has 6 heteroatoms. The predicted octanol–water partition coefficient (Wildman–Crippen LogP) is 2.03. The number of nitrogens with two attached hydrogens (primary N) is 1. The largest absolute Gasteiger partial charge is 0.356 e. The molecule has 3 N–H and O–H groups in total. The molecule has 1 aliphatic rings. The molecule has 1 amide bonds. The molecule has 2 heterocycles. The van der Waals surface area contributed by atoms with Gasteiger partial charge in [0, 0.05) is 37.3 Å². The van der Waals surface area contributed by atoms with Gasteiger partial charge in [0.1, 0.15) is 12.1 Å². The van der Waals surface area contributed by atoms with Crippen LogP contribution in [0.5, 0.6) is 0 Å². The van der Waals surface area contributed by atoms with E-state index < -0.39 is 0 Å². The van der Waals surface area contributed by atoms with E-state index in [2.05, 4.69) is 33.2 Å². The highest BCUT2D eigenvalue weighted by Crippen LogP contribution is 2.18. The fourth-order valence-corrected chi connectivity index (χ4v) is 3.09. The van der Waals surface area contributed by atoms with Crippen LogP contribution in [-0.2, 0) is 11.2 Å². The van der Waals surface area contributed by atoms with E-state index in [9.17, 15) is 4.79 Å². The van der Waals surface area contributed by atoms with E-state index in [0.29, 0.717) is 12.5 Å². The molecule has 6 nitrogen and oxygen atoms in total. The molecule has 0 saturated carbocycles. The minimum atomic E-state index is 0.191. The van der Waals surface area contributed by atoms with Gasteiger partial charge in [0.25, 0.3) is 0 Å². The van der Waals surface area contributed by atoms with Gasteiger partial charge in [0.15, 0.2) is 0 Å². The third-order valence-corrected chi connectivity index (χ3v) is 4.61. The Balaban J connectivity index is 1.67. The number of aromatic nitrogens is 2. The van der Waals surface area contributed by atoms with Gasteiger partial charge in [-0.2, -0.15) is 0 Å². The van der Waals surface area contributed by atoms with Crippen molar-refractivity contribution >= 4 is 11.7 Å². The zero-order valence-electron chi connectivity index (χ0n) is 14.8. The Kier molecular flexibility index (Phi) is 7.95. The zero-order valence-corrected chi connectivity index (χ0v) is 14.8. The molecule has 1 aromatic rings. The van der Waals surface area contributed by atoms with Crippen molar-refractivity contribution in [3.05, 3.63) is 18.1 Å². The minimum Gasteiger partial charge on any atom is -0.356 e. The molecule has 0 aliphatic carbocycles. The Morgan fingerprint density at radius 2 is 2.00 bits per heavy atom. The van der Waals surface area contributed by atoms with Crippen LogP contribution >= 0.6 is 0 Å². The number of hydrogen-bond donors (Lipinski definition) is 2. The third kappa shape index (κ3) is 6.07. The summed E-state index contributed by atoms with van der Waals surface area (Å²) >= 11 is 0. The predicted molar refractivity (Wildman–Crippen MR) is 96.9 cm³/mol. The lowest BCUT2D eigenvalue weighted by atomic mass is 10.0. The van der Waals surface area contributed by atoms with Crippen LogP contribution in [0, 0.1) is 0 Å². The lowest BCUT2D eigenvalue weighted by Gasteiger charge is -2.33. The van der Waals surface area contributed by atoms with E-state index in [1.54, 1.807) is 6.33 Å². The smallest absolute Gasteiger partial charge is 0.220 e. The number of carbonyl (C=O) groups is 1. The molecule has 0 spiro atoms. The Labute approximate surface area is 145 Å². The minimum absolute atomic E-state index is 0.191. The lowest BCUT2D eigenvalue weighted by molar-refractivity contribution is -0.122. The second-order valence-electron chi connectivity index (χ2n) is 6.50. The summed E-state index contributed by atoms with van der Waals surface area (Å²) < 4.78 is 0. The maximum Gasteiger partial charge on any atom is 0.220 e. The number of aryl methyl sites for hydroxylation is 1. The number of nitrogens with one attached hydrogen (secondary N) is 1. The molecular weight excluding hydrogens is 302 g/mol. The van der Waals surface area contributed by atoms with Gasteiger partial charge in [-0.3, -0.25) is 4.79 Å². The maximum absolute atomic E-state index is 12.0. The summed E-state index contributed by atoms with van der Waals surface area (Å²) in [5.41, 5.74) is 6.55. The van der Waals surface area contributed by atoms with Crippen LogP contribution in [0.15, 0.2) is 12.4 Å². The van der Waals surface area contributed by atoms with E-state index in [-0.39, 0.29) is 5.91 Å². The molecule has 24 heavy (non-hydrogen) atoms. The van der Waals surface area contributed by atoms with Crippen molar-refractivity contribution in [3.8, 4) is 0 Å². The fraction of sp³-hybridized carbons (Fsp3) is 0.722. The monoisotopic (exact) mass is 333 g/mol. The molecule has 134 valence electrons. The molecule has 1 fully saturated rings. The van der Waals surface area contributed by atoms with Crippen LogP contribution < -0.4 is 16.0 Å². The number of piperidine rings is 1. The molecule has 1 aromatic heterocycles. The van der Waals surface area contributed by atoms with Crippen molar-refractivity contribution in [3.63, 3.8) is 0 Å². The maximum atomic E-state index is 12.0. The molecule has 0 atom stereocenters. The Bertz CT molecular complexity index is 500. The summed E-state index contributed by atoms with van der Waals surface area (Å²) in [4.78, 5) is 22.9. The molecule has 0 aromatic carbocycles. The lowest BCUT2D eigenvalue weighted by Crippen LogP contribution is -2.44. The molecule has 2 rings (SSSR count). The van der Waals surface area contributed by atoms with E-state index in [0.717, 1.165) is 76.1 Å². The molecule has 0 radical (unpaired) electrons. The van der Waals surface area contributed by atoms with Crippen LogP contribution in [-0.4, -0.2) is 41.6 Å². The number of anilines is 1. The van der Waals surface area contributed by atoms with Crippen LogP contribution in [0.1, 0.15) is 57.6 Å². The summed E-state index contributed by atoms with van der Waals surface area (Å²) in [6.45, 7) is 4.71. The van der Waals surface area contributed by atoms with Gasteiger partial charge in [-0.05, 0) is 38.6 Å². The molecule has 1 saturated heterocycles. The normalized spacial score (nSPS) is 15.5. The van der Waals surface area contributed by atoms with Crippen molar-refractivity contribution in [1.82, 2.24) is 15.3 Å². The van der Waals surface area contributed by atoms with Crippen molar-refractivity contribution in [2.24, 2.45) is 5.73 Å². The number of hydrogen-bond acceptors (Lipinski definition) is 5. The van der Waals surface area contributed by atoms with Crippen molar-refractivity contribution in [1.29, 1.82) is 0 Å². The SMILES string of the molecule is CCc1cc(N2CCC(NC(=O)CCCCCCN)CC2)ncn1. The van der Waals surface area contributed by atoms with Crippen molar-refractivity contribution in [2.75, 3.05) is 24.5 Å². The average molecular weight is 333 g/mol. The van der Waals surface area contributed by atoms with Gasteiger partial charge in [0.05, 0.1) is 0 Å². The summed E-state index contributed by atoms with van der Waals surface area (Å²) in [5, 5.41) is 3.18. The van der Waals surface area contributed by atoms with Gasteiger partial charge >= 0.3 is 0 Å². The number of carbonyl (C=O) groups excluding carboxylic acids is 1. The van der Waals surface area contributed by atoms with Gasteiger partial charge in [0.2, 0.25) is 5.91 Å². The second kappa shape index (κ2) is 10.2. The van der Waals surface area contributed by atoms with Crippen LogP contribution in [0.2, 0.25) is 0 Å². The Morgan fingerprint density at radius 3 is 2.71 bits per heavy atom. The van der Waals surface area contributed by atoms with Crippen molar-refractivity contribution in [2.45, 2.75) is 64.3 Å². The van der Waals surface area contributed by atoms with E-state index in [1.807, 2.05) is 0 Å². The number of rotatable bonds is 9. The first-order valence-electron chi connectivity index (χ1n) is 9.28. The fourth-order valence-electron chi connectivity index (χ4n) is 3.09. The van der Waals surface area contributed by atoms with E-state index >= 15 is 0 Å². The number of nitrogens with zero attached hydrogens (tertiary/aromatic N) is 3. The highest BCUT2D eigenvalue weighted by atomic mass is 16.1. The van der Waals surface area contributed by atoms with Crippen LogP contribution in [0.25, 0.3) is 0 Å². The average Bonchev–Trinajstić information content (AvgIpc) is 2.62. The summed E-state index contributed by atoms with van der Waals surface area (Å²) in [6, 6.07) is 2.37. The first-order valence-corrected chi connectivity index (χ1v) is 9.28. The summed E-state index contributed by atoms with van der Waals surface area (Å²) in [6.07, 6.45) is 9.40. The standard InChI is InChI=1S/C18H31N5O/c1-2-15-13-17(21-14-20-15)23-11-8-16(9-12-23)22-18(24)7-5-3-4-6-10-19/h13-14,16H,2-12,19H2,1H3,(H,22,24). The number of unbranched alkanes of at least 4 members (excludes halogenated alkanes) is 3. The zero-order chi connectivity index (χ0) is 17.2. The van der Waals surface area contributed by atoms with Crippen LogP contribution in [0.3, 0.4) is 0 Å². The molecule has 0 unspecified atom stereocenters. The first kappa shape index (κ1) is 18.6. The van der Waals surface area contributed by atoms with E-state index in [1.165, 1.54) is 0 Å². The molecule has 0 bridgehead atoms. The summed E-state index contributed by atoms with van der Waals surface area (Å²) in [5.74, 6) is 1.20. The highest BCUT2D eigenvalue weighted by Gasteiger charge is 2.21. The van der Waals surface area contributed by atoms with Crippen molar-refractivity contribution < 1.29 is 4.79 Å². The third-order valence-electron chi connectivity index (χ3n) is 4.61. The molecule has 1 aliphatic heterocycles. The quantitative estimate of drug-likeness (QED) is 0.676. The van der Waals surface area contributed by atoms with Gasteiger partial charge < -0.3 is 16.0 Å². The van der Waals surface area contributed by atoms with E-state index in [4.69, 9.17) is 5.73 Å². The Hall–Kier alpha value is -1.69. The number of amides is 1. The van der Waals surface area contributed by atoms with Crippen LogP contribution in [0.4, 0.5) is 5.82 Å². The summed E-state index contributed by atoms with van der Waals surface area (Å²) in [7, 11) is 0. The second-order valence-corrected chi connectivity index (χ2v) is 6.50. The topological polar surface area (TPSA) is 84.1 Å². The molecular formula is C18H31N5O. The highest BCUT2D eigenvalue weighted by molar-refractivity contribution is 5.76.